The maximum atomic E-state index is 12.0. The highest BCUT2D eigenvalue weighted by atomic mass is 32.1. The summed E-state index contributed by atoms with van der Waals surface area (Å²) in [6.45, 7) is 6.36. The molecule has 0 spiro atoms. The minimum atomic E-state index is 0.0568. The fourth-order valence-corrected chi connectivity index (χ4v) is 2.61. The van der Waals surface area contributed by atoms with Gasteiger partial charge in [0.1, 0.15) is 0 Å². The quantitative estimate of drug-likeness (QED) is 0.559. The number of ketones is 1. The molecule has 19 heavy (non-hydrogen) atoms. The summed E-state index contributed by atoms with van der Waals surface area (Å²) in [5.41, 5.74) is 2.00. The Morgan fingerprint density at radius 2 is 1.79 bits per heavy atom. The SMILES string of the molecule is Cc1ccc(/C=C/C(=O)c2ccc(C(C)C)cc2)s1. The molecular weight excluding hydrogens is 252 g/mol. The summed E-state index contributed by atoms with van der Waals surface area (Å²) in [4.78, 5) is 14.4. The second kappa shape index (κ2) is 5.98. The first-order valence-corrected chi connectivity index (χ1v) is 7.26. The van der Waals surface area contributed by atoms with Crippen molar-refractivity contribution in [1.82, 2.24) is 0 Å². The van der Waals surface area contributed by atoms with Crippen LogP contribution >= 0.6 is 11.3 Å². The van der Waals surface area contributed by atoms with Gasteiger partial charge in [-0.25, -0.2) is 0 Å². The highest BCUT2D eigenvalue weighted by Gasteiger charge is 2.03. The molecule has 1 heterocycles. The molecule has 2 heteroatoms. The first-order chi connectivity index (χ1) is 9.06. The topological polar surface area (TPSA) is 17.1 Å². The number of allylic oxidation sites excluding steroid dienone is 1. The molecule has 0 saturated heterocycles. The number of aryl methyl sites for hydroxylation is 1. The standard InChI is InChI=1S/C17H18OS/c1-12(2)14-5-7-15(8-6-14)17(18)11-10-16-9-4-13(3)19-16/h4-12H,1-3H3/b11-10+. The summed E-state index contributed by atoms with van der Waals surface area (Å²) in [5.74, 6) is 0.551. The molecule has 0 radical (unpaired) electrons. The molecule has 0 unspecified atom stereocenters. The summed E-state index contributed by atoms with van der Waals surface area (Å²) in [5, 5.41) is 0. The first-order valence-electron chi connectivity index (χ1n) is 6.45. The van der Waals surface area contributed by atoms with E-state index in [0.717, 1.165) is 10.4 Å². The van der Waals surface area contributed by atoms with Crippen LogP contribution in [0.25, 0.3) is 6.08 Å². The van der Waals surface area contributed by atoms with Gasteiger partial charge in [-0.05, 0) is 42.7 Å². The van der Waals surface area contributed by atoms with Gasteiger partial charge < -0.3 is 0 Å². The third kappa shape index (κ3) is 3.65. The van der Waals surface area contributed by atoms with E-state index in [0.29, 0.717) is 5.92 Å². The van der Waals surface area contributed by atoms with Gasteiger partial charge >= 0.3 is 0 Å². The molecule has 0 N–H and O–H groups in total. The van der Waals surface area contributed by atoms with Crippen molar-refractivity contribution in [2.45, 2.75) is 26.7 Å². The predicted molar refractivity (Wildman–Crippen MR) is 83.0 cm³/mol. The maximum absolute atomic E-state index is 12.0. The predicted octanol–water partition coefficient (Wildman–Crippen LogP) is 5.08. The van der Waals surface area contributed by atoms with Crippen LogP contribution in [0.15, 0.2) is 42.5 Å². The fourth-order valence-electron chi connectivity index (χ4n) is 1.83. The molecule has 0 aliphatic carbocycles. The van der Waals surface area contributed by atoms with E-state index in [9.17, 15) is 4.79 Å². The van der Waals surface area contributed by atoms with Crippen LogP contribution in [-0.2, 0) is 0 Å². The molecule has 1 aromatic carbocycles. The molecule has 0 atom stereocenters. The molecule has 1 aromatic heterocycles. The average Bonchev–Trinajstić information content (AvgIpc) is 2.82. The molecule has 1 nitrogen and oxygen atoms in total. The molecule has 0 aliphatic heterocycles. The van der Waals surface area contributed by atoms with E-state index in [1.165, 1.54) is 10.4 Å². The Kier molecular flexibility index (Phi) is 4.33. The molecule has 0 saturated carbocycles. The highest BCUT2D eigenvalue weighted by molar-refractivity contribution is 7.12. The van der Waals surface area contributed by atoms with Crippen LogP contribution in [0.3, 0.4) is 0 Å². The highest BCUT2D eigenvalue weighted by Crippen LogP contribution is 2.18. The summed E-state index contributed by atoms with van der Waals surface area (Å²) < 4.78 is 0. The second-order valence-corrected chi connectivity index (χ2v) is 6.24. The number of carbonyl (C=O) groups is 1. The number of rotatable bonds is 4. The Labute approximate surface area is 118 Å². The van der Waals surface area contributed by atoms with Gasteiger partial charge in [0.05, 0.1) is 0 Å². The maximum Gasteiger partial charge on any atom is 0.185 e. The lowest BCUT2D eigenvalue weighted by Crippen LogP contribution is -1.95. The van der Waals surface area contributed by atoms with Crippen LogP contribution in [0.5, 0.6) is 0 Å². The molecule has 98 valence electrons. The minimum absolute atomic E-state index is 0.0568. The van der Waals surface area contributed by atoms with Crippen molar-refractivity contribution in [2.24, 2.45) is 0 Å². The number of hydrogen-bond acceptors (Lipinski definition) is 2. The minimum Gasteiger partial charge on any atom is -0.289 e. The zero-order valence-corrected chi connectivity index (χ0v) is 12.3. The summed E-state index contributed by atoms with van der Waals surface area (Å²) >= 11 is 1.69. The lowest BCUT2D eigenvalue weighted by molar-refractivity contribution is 0.104. The van der Waals surface area contributed by atoms with E-state index in [4.69, 9.17) is 0 Å². The van der Waals surface area contributed by atoms with Gasteiger partial charge in [0.15, 0.2) is 5.78 Å². The van der Waals surface area contributed by atoms with Crippen molar-refractivity contribution < 1.29 is 4.79 Å². The molecule has 0 bridgehead atoms. The Morgan fingerprint density at radius 1 is 1.11 bits per heavy atom. The Hall–Kier alpha value is -1.67. The van der Waals surface area contributed by atoms with E-state index in [-0.39, 0.29) is 5.78 Å². The third-order valence-corrected chi connectivity index (χ3v) is 3.99. The van der Waals surface area contributed by atoms with E-state index in [1.807, 2.05) is 36.4 Å². The molecule has 2 aromatic rings. The molecule has 2 rings (SSSR count). The Balaban J connectivity index is 2.09. The van der Waals surface area contributed by atoms with Crippen molar-refractivity contribution in [2.75, 3.05) is 0 Å². The van der Waals surface area contributed by atoms with E-state index >= 15 is 0 Å². The molecular formula is C17H18OS. The summed E-state index contributed by atoms with van der Waals surface area (Å²) in [7, 11) is 0. The van der Waals surface area contributed by atoms with Gasteiger partial charge in [0, 0.05) is 15.3 Å². The van der Waals surface area contributed by atoms with Gasteiger partial charge in [-0.15, -0.1) is 11.3 Å². The van der Waals surface area contributed by atoms with Crippen molar-refractivity contribution in [3.8, 4) is 0 Å². The van der Waals surface area contributed by atoms with E-state index in [1.54, 1.807) is 17.4 Å². The van der Waals surface area contributed by atoms with Crippen molar-refractivity contribution in [3.05, 3.63) is 63.4 Å². The first kappa shape index (κ1) is 13.8. The van der Waals surface area contributed by atoms with Crippen LogP contribution in [0.4, 0.5) is 0 Å². The number of hydrogen-bond donors (Lipinski definition) is 0. The number of thiophene rings is 1. The summed E-state index contributed by atoms with van der Waals surface area (Å²) in [6.07, 6.45) is 3.53. The van der Waals surface area contributed by atoms with Crippen LogP contribution in [0.2, 0.25) is 0 Å². The zero-order valence-electron chi connectivity index (χ0n) is 11.5. The smallest absolute Gasteiger partial charge is 0.185 e. The Morgan fingerprint density at radius 3 is 2.32 bits per heavy atom. The normalized spacial score (nSPS) is 11.4. The largest absolute Gasteiger partial charge is 0.289 e. The lowest BCUT2D eigenvalue weighted by atomic mass is 10.0. The zero-order chi connectivity index (χ0) is 13.8. The number of carbonyl (C=O) groups excluding carboxylic acids is 1. The van der Waals surface area contributed by atoms with Crippen molar-refractivity contribution in [1.29, 1.82) is 0 Å². The van der Waals surface area contributed by atoms with Gasteiger partial charge in [0.25, 0.3) is 0 Å². The third-order valence-electron chi connectivity index (χ3n) is 3.02. The van der Waals surface area contributed by atoms with Gasteiger partial charge in [-0.3, -0.25) is 4.79 Å². The second-order valence-electron chi connectivity index (χ2n) is 4.92. The van der Waals surface area contributed by atoms with Gasteiger partial charge in [0.2, 0.25) is 0 Å². The van der Waals surface area contributed by atoms with Crippen LogP contribution in [0.1, 0.15) is 45.4 Å². The Bertz CT molecular complexity index is 588. The van der Waals surface area contributed by atoms with E-state index < -0.39 is 0 Å². The molecule has 0 amide bonds. The molecule has 0 aliphatic rings. The number of benzene rings is 1. The van der Waals surface area contributed by atoms with Crippen LogP contribution < -0.4 is 0 Å². The van der Waals surface area contributed by atoms with Gasteiger partial charge in [-0.1, -0.05) is 38.1 Å². The van der Waals surface area contributed by atoms with Crippen molar-refractivity contribution in [3.63, 3.8) is 0 Å². The van der Waals surface area contributed by atoms with E-state index in [2.05, 4.69) is 26.8 Å². The molecule has 0 fully saturated rings. The monoisotopic (exact) mass is 270 g/mol. The average molecular weight is 270 g/mol. The van der Waals surface area contributed by atoms with Gasteiger partial charge in [-0.2, -0.15) is 0 Å². The van der Waals surface area contributed by atoms with Crippen molar-refractivity contribution >= 4 is 23.2 Å². The fraction of sp³-hybridized carbons (Fsp3) is 0.235. The summed E-state index contributed by atoms with van der Waals surface area (Å²) in [6, 6.07) is 12.0. The lowest BCUT2D eigenvalue weighted by Gasteiger charge is -2.04. The van der Waals surface area contributed by atoms with Crippen LogP contribution in [-0.4, -0.2) is 5.78 Å². The van der Waals surface area contributed by atoms with Crippen LogP contribution in [0, 0.1) is 6.92 Å².